The molecule has 0 radical (unpaired) electrons. The summed E-state index contributed by atoms with van der Waals surface area (Å²) < 4.78 is 2.24. The first-order chi connectivity index (χ1) is 9.33. The summed E-state index contributed by atoms with van der Waals surface area (Å²) in [6.07, 6.45) is 14.4. The smallest absolute Gasteiger partial charge is 0.0630 e. The average Bonchev–Trinajstić information content (AvgIpc) is 3.26. The first-order valence-corrected chi connectivity index (χ1v) is 8.11. The zero-order valence-electron chi connectivity index (χ0n) is 11.8. The maximum atomic E-state index is 4.85. The van der Waals surface area contributed by atoms with Gasteiger partial charge in [-0.25, -0.2) is 0 Å². The van der Waals surface area contributed by atoms with E-state index in [9.17, 15) is 0 Å². The van der Waals surface area contributed by atoms with Crippen LogP contribution in [0.3, 0.4) is 0 Å². The molecule has 0 saturated heterocycles. The Morgan fingerprint density at radius 3 is 2.68 bits per heavy atom. The van der Waals surface area contributed by atoms with Crippen LogP contribution in [0.5, 0.6) is 0 Å². The molecule has 0 spiro atoms. The highest BCUT2D eigenvalue weighted by Crippen LogP contribution is 2.48. The predicted molar refractivity (Wildman–Crippen MR) is 76.1 cm³/mol. The molecule has 3 heteroatoms. The summed E-state index contributed by atoms with van der Waals surface area (Å²) in [6, 6.07) is 3.79. The van der Waals surface area contributed by atoms with Crippen molar-refractivity contribution in [3.63, 3.8) is 0 Å². The van der Waals surface area contributed by atoms with Crippen LogP contribution in [0.1, 0.15) is 63.1 Å². The van der Waals surface area contributed by atoms with Gasteiger partial charge in [0.15, 0.2) is 0 Å². The van der Waals surface area contributed by atoms with E-state index < -0.39 is 0 Å². The van der Waals surface area contributed by atoms with Crippen molar-refractivity contribution in [2.24, 2.45) is 5.41 Å². The molecule has 19 heavy (non-hydrogen) atoms. The van der Waals surface area contributed by atoms with Gasteiger partial charge in [-0.3, -0.25) is 4.68 Å². The molecule has 1 aromatic heterocycles. The number of nitrogens with one attached hydrogen (secondary N) is 1. The van der Waals surface area contributed by atoms with E-state index in [1.807, 2.05) is 0 Å². The summed E-state index contributed by atoms with van der Waals surface area (Å²) in [5.41, 5.74) is 1.87. The molecule has 1 aromatic rings. The third-order valence-electron chi connectivity index (χ3n) is 5.22. The Hall–Kier alpha value is -0.830. The van der Waals surface area contributed by atoms with Gasteiger partial charge in [-0.05, 0) is 56.4 Å². The molecule has 0 unspecified atom stereocenters. The molecule has 0 aromatic carbocycles. The summed E-state index contributed by atoms with van der Waals surface area (Å²) in [7, 11) is 0. The van der Waals surface area contributed by atoms with Gasteiger partial charge in [0.1, 0.15) is 0 Å². The van der Waals surface area contributed by atoms with Crippen LogP contribution in [-0.4, -0.2) is 22.4 Å². The second-order valence-corrected chi connectivity index (χ2v) is 7.06. The quantitative estimate of drug-likeness (QED) is 0.851. The standard InChI is InChI=1S/C16H25N3/c1-2-4-15(3-1)19-10-7-14(18-19)11-16(8-9-16)12-17-13-5-6-13/h7,10,13,15,17H,1-6,8-9,11-12H2. The van der Waals surface area contributed by atoms with Crippen molar-refractivity contribution in [1.29, 1.82) is 0 Å². The predicted octanol–water partition coefficient (Wildman–Crippen LogP) is 3.07. The van der Waals surface area contributed by atoms with Crippen molar-refractivity contribution >= 4 is 0 Å². The van der Waals surface area contributed by atoms with Crippen molar-refractivity contribution in [3.8, 4) is 0 Å². The molecule has 0 aliphatic heterocycles. The maximum absolute atomic E-state index is 4.85. The molecular weight excluding hydrogens is 234 g/mol. The first-order valence-electron chi connectivity index (χ1n) is 8.11. The molecule has 104 valence electrons. The number of rotatable bonds is 6. The van der Waals surface area contributed by atoms with E-state index in [-0.39, 0.29) is 0 Å². The van der Waals surface area contributed by atoms with Crippen molar-refractivity contribution in [2.45, 2.75) is 69.9 Å². The number of aromatic nitrogens is 2. The number of hydrogen-bond acceptors (Lipinski definition) is 2. The normalized spacial score (nSPS) is 25.9. The summed E-state index contributed by atoms with van der Waals surface area (Å²) in [5, 5.41) is 8.56. The maximum Gasteiger partial charge on any atom is 0.0630 e. The largest absolute Gasteiger partial charge is 0.313 e. The van der Waals surface area contributed by atoms with Gasteiger partial charge in [0.2, 0.25) is 0 Å². The number of nitrogens with zero attached hydrogens (tertiary/aromatic N) is 2. The minimum absolute atomic E-state index is 0.553. The van der Waals surface area contributed by atoms with Gasteiger partial charge in [-0.2, -0.15) is 5.10 Å². The SMILES string of the molecule is c1cn(C2CCCC2)nc1CC1(CNC2CC2)CC1. The van der Waals surface area contributed by atoms with Crippen LogP contribution in [0, 0.1) is 5.41 Å². The van der Waals surface area contributed by atoms with Gasteiger partial charge in [0.05, 0.1) is 11.7 Å². The molecule has 0 atom stereocenters. The van der Waals surface area contributed by atoms with Crippen LogP contribution in [0.25, 0.3) is 0 Å². The van der Waals surface area contributed by atoms with Crippen molar-refractivity contribution in [2.75, 3.05) is 6.54 Å². The lowest BCUT2D eigenvalue weighted by Crippen LogP contribution is -2.27. The van der Waals surface area contributed by atoms with E-state index in [1.165, 1.54) is 70.0 Å². The van der Waals surface area contributed by atoms with E-state index in [0.29, 0.717) is 11.5 Å². The zero-order chi connectivity index (χ0) is 12.7. The average molecular weight is 259 g/mol. The van der Waals surface area contributed by atoms with Crippen LogP contribution in [0.2, 0.25) is 0 Å². The van der Waals surface area contributed by atoms with Crippen LogP contribution in [-0.2, 0) is 6.42 Å². The molecule has 3 aliphatic rings. The topological polar surface area (TPSA) is 29.9 Å². The first kappa shape index (κ1) is 12.0. The van der Waals surface area contributed by atoms with Crippen LogP contribution in [0.15, 0.2) is 12.3 Å². The summed E-state index contributed by atoms with van der Waals surface area (Å²) >= 11 is 0. The fraction of sp³-hybridized carbons (Fsp3) is 0.812. The fourth-order valence-corrected chi connectivity index (χ4v) is 3.47. The molecule has 0 amide bonds. The van der Waals surface area contributed by atoms with E-state index in [4.69, 9.17) is 5.10 Å². The molecule has 3 saturated carbocycles. The third kappa shape index (κ3) is 2.71. The van der Waals surface area contributed by atoms with Crippen LogP contribution >= 0.6 is 0 Å². The van der Waals surface area contributed by atoms with Crippen LogP contribution in [0.4, 0.5) is 0 Å². The van der Waals surface area contributed by atoms with Gasteiger partial charge in [0, 0.05) is 18.8 Å². The molecular formula is C16H25N3. The Morgan fingerprint density at radius 1 is 1.21 bits per heavy atom. The third-order valence-corrected chi connectivity index (χ3v) is 5.22. The van der Waals surface area contributed by atoms with E-state index in [0.717, 1.165) is 6.04 Å². The highest BCUT2D eigenvalue weighted by molar-refractivity contribution is 5.10. The lowest BCUT2D eigenvalue weighted by Gasteiger charge is -2.14. The Kier molecular flexibility index (Phi) is 2.91. The summed E-state index contributed by atoms with van der Waals surface area (Å²) in [6.45, 7) is 1.22. The van der Waals surface area contributed by atoms with Gasteiger partial charge < -0.3 is 5.32 Å². The van der Waals surface area contributed by atoms with E-state index in [2.05, 4.69) is 22.3 Å². The van der Waals surface area contributed by atoms with Crippen molar-refractivity contribution in [1.82, 2.24) is 15.1 Å². The van der Waals surface area contributed by atoms with Crippen molar-refractivity contribution in [3.05, 3.63) is 18.0 Å². The molecule has 0 bridgehead atoms. The Morgan fingerprint density at radius 2 is 2.00 bits per heavy atom. The molecule has 3 nitrogen and oxygen atoms in total. The second kappa shape index (κ2) is 4.62. The molecule has 3 aliphatic carbocycles. The monoisotopic (exact) mass is 259 g/mol. The second-order valence-electron chi connectivity index (χ2n) is 7.06. The molecule has 3 fully saturated rings. The zero-order valence-corrected chi connectivity index (χ0v) is 11.8. The minimum Gasteiger partial charge on any atom is -0.313 e. The Balaban J connectivity index is 1.36. The van der Waals surface area contributed by atoms with E-state index >= 15 is 0 Å². The van der Waals surface area contributed by atoms with Gasteiger partial charge in [0.25, 0.3) is 0 Å². The molecule has 1 N–H and O–H groups in total. The molecule has 4 rings (SSSR count). The van der Waals surface area contributed by atoms with Gasteiger partial charge in [-0.15, -0.1) is 0 Å². The van der Waals surface area contributed by atoms with Crippen LogP contribution < -0.4 is 5.32 Å². The minimum atomic E-state index is 0.553. The van der Waals surface area contributed by atoms with E-state index in [1.54, 1.807) is 0 Å². The molecule has 1 heterocycles. The summed E-state index contributed by atoms with van der Waals surface area (Å²) in [5.74, 6) is 0. The highest BCUT2D eigenvalue weighted by atomic mass is 15.3. The van der Waals surface area contributed by atoms with Crippen molar-refractivity contribution < 1.29 is 0 Å². The lowest BCUT2D eigenvalue weighted by atomic mass is 10.0. The Bertz CT molecular complexity index is 437. The fourth-order valence-electron chi connectivity index (χ4n) is 3.47. The lowest BCUT2D eigenvalue weighted by molar-refractivity contribution is 0.431. The Labute approximate surface area is 115 Å². The van der Waals surface area contributed by atoms with Gasteiger partial charge >= 0.3 is 0 Å². The highest BCUT2D eigenvalue weighted by Gasteiger charge is 2.43. The summed E-state index contributed by atoms with van der Waals surface area (Å²) in [4.78, 5) is 0. The number of hydrogen-bond donors (Lipinski definition) is 1. The van der Waals surface area contributed by atoms with Gasteiger partial charge in [-0.1, -0.05) is 12.8 Å².